The van der Waals surface area contributed by atoms with Gasteiger partial charge in [-0.2, -0.15) is 10.5 Å². The molecule has 0 atom stereocenters. The molecule has 1 aromatic rings. The zero-order chi connectivity index (χ0) is 10.4. The SMILES string of the molecule is CCC#Cc1ccc(C#N)c(C#N)c1. The number of hydrogen-bond acceptors (Lipinski definition) is 2. The molecule has 14 heavy (non-hydrogen) atoms. The summed E-state index contributed by atoms with van der Waals surface area (Å²) in [5.74, 6) is 5.82. The van der Waals surface area contributed by atoms with E-state index in [1.165, 1.54) is 0 Å². The van der Waals surface area contributed by atoms with Gasteiger partial charge in [-0.25, -0.2) is 0 Å². The average molecular weight is 180 g/mol. The Morgan fingerprint density at radius 3 is 2.43 bits per heavy atom. The molecule has 0 amide bonds. The Kier molecular flexibility index (Phi) is 3.31. The number of benzene rings is 1. The van der Waals surface area contributed by atoms with E-state index in [1.807, 2.05) is 19.1 Å². The molecule has 0 N–H and O–H groups in total. The summed E-state index contributed by atoms with van der Waals surface area (Å²) in [6.45, 7) is 1.96. The summed E-state index contributed by atoms with van der Waals surface area (Å²) >= 11 is 0. The second-order valence-electron chi connectivity index (χ2n) is 2.64. The third-order valence-electron chi connectivity index (χ3n) is 1.67. The van der Waals surface area contributed by atoms with Crippen LogP contribution in [0.25, 0.3) is 0 Å². The third kappa shape index (κ3) is 2.13. The minimum atomic E-state index is 0.385. The summed E-state index contributed by atoms with van der Waals surface area (Å²) in [5.41, 5.74) is 1.56. The van der Waals surface area contributed by atoms with Crippen molar-refractivity contribution in [1.82, 2.24) is 0 Å². The van der Waals surface area contributed by atoms with Gasteiger partial charge in [0.25, 0.3) is 0 Å². The van der Waals surface area contributed by atoms with Crippen LogP contribution in [0.2, 0.25) is 0 Å². The lowest BCUT2D eigenvalue weighted by Crippen LogP contribution is -1.85. The Hall–Kier alpha value is -2.24. The number of nitriles is 2. The fraction of sp³-hybridized carbons (Fsp3) is 0.167. The molecular weight excluding hydrogens is 172 g/mol. The zero-order valence-electron chi connectivity index (χ0n) is 7.83. The van der Waals surface area contributed by atoms with Crippen LogP contribution in [0.4, 0.5) is 0 Å². The Bertz CT molecular complexity index is 476. The van der Waals surface area contributed by atoms with Crippen molar-refractivity contribution in [2.45, 2.75) is 13.3 Å². The lowest BCUT2D eigenvalue weighted by Gasteiger charge is -1.94. The maximum atomic E-state index is 8.75. The summed E-state index contributed by atoms with van der Waals surface area (Å²) in [4.78, 5) is 0. The Morgan fingerprint density at radius 1 is 1.14 bits per heavy atom. The van der Waals surface area contributed by atoms with E-state index in [0.29, 0.717) is 11.1 Å². The number of nitrogens with zero attached hydrogens (tertiary/aromatic N) is 2. The molecule has 0 aromatic heterocycles. The number of rotatable bonds is 0. The van der Waals surface area contributed by atoms with Crippen LogP contribution in [0, 0.1) is 34.5 Å². The molecule has 0 bridgehead atoms. The Morgan fingerprint density at radius 2 is 1.86 bits per heavy atom. The van der Waals surface area contributed by atoms with Crippen molar-refractivity contribution in [3.05, 3.63) is 34.9 Å². The average Bonchev–Trinajstić information content (AvgIpc) is 2.25. The van der Waals surface area contributed by atoms with E-state index in [0.717, 1.165) is 12.0 Å². The van der Waals surface area contributed by atoms with Crippen LogP contribution < -0.4 is 0 Å². The van der Waals surface area contributed by atoms with E-state index in [-0.39, 0.29) is 0 Å². The summed E-state index contributed by atoms with van der Waals surface area (Å²) in [7, 11) is 0. The molecule has 66 valence electrons. The first kappa shape index (κ1) is 9.85. The first-order chi connectivity index (χ1) is 6.81. The fourth-order valence-electron chi connectivity index (χ4n) is 1.00. The molecule has 0 aliphatic rings. The molecule has 0 unspecified atom stereocenters. The van der Waals surface area contributed by atoms with Gasteiger partial charge in [0.05, 0.1) is 11.1 Å². The van der Waals surface area contributed by atoms with Gasteiger partial charge < -0.3 is 0 Å². The van der Waals surface area contributed by atoms with Crippen molar-refractivity contribution in [2.24, 2.45) is 0 Å². The molecule has 0 saturated carbocycles. The van der Waals surface area contributed by atoms with E-state index >= 15 is 0 Å². The zero-order valence-corrected chi connectivity index (χ0v) is 7.83. The highest BCUT2D eigenvalue weighted by atomic mass is 14.3. The first-order valence-electron chi connectivity index (χ1n) is 4.25. The van der Waals surface area contributed by atoms with Gasteiger partial charge in [-0.05, 0) is 18.2 Å². The van der Waals surface area contributed by atoms with Gasteiger partial charge >= 0.3 is 0 Å². The molecule has 0 heterocycles. The molecular formula is C12H8N2. The second kappa shape index (κ2) is 4.70. The minimum absolute atomic E-state index is 0.385. The smallest absolute Gasteiger partial charge is 0.101 e. The van der Waals surface area contributed by atoms with Gasteiger partial charge in [0.1, 0.15) is 12.1 Å². The van der Waals surface area contributed by atoms with Crippen molar-refractivity contribution in [2.75, 3.05) is 0 Å². The number of hydrogen-bond donors (Lipinski definition) is 0. The fourth-order valence-corrected chi connectivity index (χ4v) is 1.00. The van der Waals surface area contributed by atoms with Crippen LogP contribution in [0.15, 0.2) is 18.2 Å². The highest BCUT2D eigenvalue weighted by Crippen LogP contribution is 2.09. The molecule has 2 nitrogen and oxygen atoms in total. The lowest BCUT2D eigenvalue weighted by atomic mass is 10.1. The largest absolute Gasteiger partial charge is 0.192 e. The summed E-state index contributed by atoms with van der Waals surface area (Å²) in [6, 6.07) is 8.95. The second-order valence-corrected chi connectivity index (χ2v) is 2.64. The summed E-state index contributed by atoms with van der Waals surface area (Å²) in [5, 5.41) is 17.4. The highest BCUT2D eigenvalue weighted by molar-refractivity contribution is 5.50. The summed E-state index contributed by atoms with van der Waals surface area (Å²) < 4.78 is 0. The topological polar surface area (TPSA) is 47.6 Å². The van der Waals surface area contributed by atoms with E-state index in [1.54, 1.807) is 18.2 Å². The van der Waals surface area contributed by atoms with Crippen LogP contribution in [0.5, 0.6) is 0 Å². The molecule has 0 radical (unpaired) electrons. The van der Waals surface area contributed by atoms with Gasteiger partial charge in [-0.3, -0.25) is 0 Å². The molecule has 0 spiro atoms. The van der Waals surface area contributed by atoms with Crippen molar-refractivity contribution in [1.29, 1.82) is 10.5 Å². The molecule has 2 heteroatoms. The predicted octanol–water partition coefficient (Wildman–Crippen LogP) is 2.19. The summed E-state index contributed by atoms with van der Waals surface area (Å²) in [6.07, 6.45) is 0.780. The maximum absolute atomic E-state index is 8.75. The minimum Gasteiger partial charge on any atom is -0.192 e. The van der Waals surface area contributed by atoms with Gasteiger partial charge in [-0.15, -0.1) is 0 Å². The molecule has 1 rings (SSSR count). The Balaban J connectivity index is 3.17. The van der Waals surface area contributed by atoms with Gasteiger partial charge in [0.2, 0.25) is 0 Å². The normalized spacial score (nSPS) is 7.93. The van der Waals surface area contributed by atoms with Crippen molar-refractivity contribution < 1.29 is 0 Å². The molecule has 1 aromatic carbocycles. The van der Waals surface area contributed by atoms with Crippen LogP contribution in [-0.2, 0) is 0 Å². The molecule has 0 aliphatic carbocycles. The van der Waals surface area contributed by atoms with E-state index in [2.05, 4.69) is 11.8 Å². The van der Waals surface area contributed by atoms with Crippen LogP contribution >= 0.6 is 0 Å². The third-order valence-corrected chi connectivity index (χ3v) is 1.67. The molecule has 0 fully saturated rings. The first-order valence-corrected chi connectivity index (χ1v) is 4.25. The van der Waals surface area contributed by atoms with Gasteiger partial charge in [0, 0.05) is 12.0 Å². The highest BCUT2D eigenvalue weighted by Gasteiger charge is 2.00. The standard InChI is InChI=1S/C12H8N2/c1-2-3-4-10-5-6-11(8-13)12(7-10)9-14/h5-7H,2H2,1H3. The molecule has 0 aliphatic heterocycles. The maximum Gasteiger partial charge on any atom is 0.101 e. The molecule has 0 saturated heterocycles. The van der Waals surface area contributed by atoms with Gasteiger partial charge in [0.15, 0.2) is 0 Å². The van der Waals surface area contributed by atoms with Crippen molar-refractivity contribution in [3.8, 4) is 24.0 Å². The van der Waals surface area contributed by atoms with Crippen LogP contribution in [0.3, 0.4) is 0 Å². The van der Waals surface area contributed by atoms with E-state index < -0.39 is 0 Å². The van der Waals surface area contributed by atoms with Crippen molar-refractivity contribution in [3.63, 3.8) is 0 Å². The van der Waals surface area contributed by atoms with Crippen LogP contribution in [0.1, 0.15) is 30.0 Å². The van der Waals surface area contributed by atoms with Crippen molar-refractivity contribution >= 4 is 0 Å². The lowest BCUT2D eigenvalue weighted by molar-refractivity contribution is 1.28. The monoisotopic (exact) mass is 180 g/mol. The van der Waals surface area contributed by atoms with E-state index in [9.17, 15) is 0 Å². The van der Waals surface area contributed by atoms with E-state index in [4.69, 9.17) is 10.5 Å². The van der Waals surface area contributed by atoms with Gasteiger partial charge in [-0.1, -0.05) is 18.8 Å². The quantitative estimate of drug-likeness (QED) is 0.574. The Labute approximate surface area is 83.4 Å². The van der Waals surface area contributed by atoms with Crippen LogP contribution in [-0.4, -0.2) is 0 Å². The predicted molar refractivity (Wildman–Crippen MR) is 53.0 cm³/mol.